The Kier molecular flexibility index (Phi) is 5.78. The SMILES string of the molecule is CCC(=NC1CCN(Cc2ccccc2)CC1)C1C(=O)NC(=O)NC1=O. The van der Waals surface area contributed by atoms with Gasteiger partial charge in [0, 0.05) is 25.3 Å². The molecule has 0 spiro atoms. The molecule has 0 saturated carbocycles. The molecule has 7 heteroatoms. The van der Waals surface area contributed by atoms with Gasteiger partial charge in [-0.3, -0.25) is 30.1 Å². The molecule has 0 aromatic heterocycles. The van der Waals surface area contributed by atoms with Gasteiger partial charge in [0.2, 0.25) is 11.8 Å². The van der Waals surface area contributed by atoms with Gasteiger partial charge in [0.15, 0.2) is 5.92 Å². The summed E-state index contributed by atoms with van der Waals surface area (Å²) >= 11 is 0. The molecule has 3 rings (SSSR count). The van der Waals surface area contributed by atoms with Crippen LogP contribution in [0, 0.1) is 5.92 Å². The highest BCUT2D eigenvalue weighted by molar-refractivity contribution is 6.27. The molecular weight excluding hydrogens is 332 g/mol. The van der Waals surface area contributed by atoms with Crippen molar-refractivity contribution in [2.24, 2.45) is 10.9 Å². The van der Waals surface area contributed by atoms with Gasteiger partial charge in [-0.05, 0) is 24.8 Å². The Morgan fingerprint density at radius 1 is 1.08 bits per heavy atom. The first-order chi connectivity index (χ1) is 12.6. The molecule has 0 atom stereocenters. The van der Waals surface area contributed by atoms with Gasteiger partial charge in [0.1, 0.15) is 0 Å². The average molecular weight is 356 g/mol. The third kappa shape index (κ3) is 4.35. The molecule has 2 N–H and O–H groups in total. The number of rotatable bonds is 5. The fourth-order valence-electron chi connectivity index (χ4n) is 3.47. The number of nitrogens with zero attached hydrogens (tertiary/aromatic N) is 2. The summed E-state index contributed by atoms with van der Waals surface area (Å²) in [6.07, 6.45) is 2.29. The number of aliphatic imine (C=N–C) groups is 1. The molecule has 0 bridgehead atoms. The Balaban J connectivity index is 1.60. The zero-order chi connectivity index (χ0) is 18.5. The van der Waals surface area contributed by atoms with Crippen molar-refractivity contribution in [2.45, 2.75) is 38.8 Å². The van der Waals surface area contributed by atoms with Gasteiger partial charge in [0.05, 0.1) is 6.04 Å². The van der Waals surface area contributed by atoms with Gasteiger partial charge in [0.25, 0.3) is 0 Å². The predicted octanol–water partition coefficient (Wildman–Crippen LogP) is 1.48. The Morgan fingerprint density at radius 3 is 2.27 bits per heavy atom. The van der Waals surface area contributed by atoms with Crippen LogP contribution in [-0.4, -0.2) is 47.6 Å². The van der Waals surface area contributed by atoms with E-state index in [1.54, 1.807) is 0 Å². The van der Waals surface area contributed by atoms with Crippen molar-refractivity contribution < 1.29 is 14.4 Å². The monoisotopic (exact) mass is 356 g/mol. The molecule has 1 aromatic rings. The molecule has 2 heterocycles. The molecule has 2 saturated heterocycles. The van der Waals surface area contributed by atoms with Crippen LogP contribution in [-0.2, 0) is 16.1 Å². The number of imide groups is 2. The van der Waals surface area contributed by atoms with E-state index in [1.165, 1.54) is 5.56 Å². The Bertz CT molecular complexity index is 689. The van der Waals surface area contributed by atoms with Gasteiger partial charge >= 0.3 is 6.03 Å². The summed E-state index contributed by atoms with van der Waals surface area (Å²) in [4.78, 5) is 42.4. The van der Waals surface area contributed by atoms with Gasteiger partial charge < -0.3 is 0 Å². The van der Waals surface area contributed by atoms with E-state index in [9.17, 15) is 14.4 Å². The molecule has 1 aromatic carbocycles. The molecule has 2 aliphatic rings. The number of hydrogen-bond donors (Lipinski definition) is 2. The maximum absolute atomic E-state index is 12.0. The zero-order valence-corrected chi connectivity index (χ0v) is 14.9. The number of benzene rings is 1. The van der Waals surface area contributed by atoms with Gasteiger partial charge in [-0.1, -0.05) is 37.3 Å². The van der Waals surface area contributed by atoms with Crippen LogP contribution in [0.25, 0.3) is 0 Å². The van der Waals surface area contributed by atoms with Crippen LogP contribution in [0.3, 0.4) is 0 Å². The maximum atomic E-state index is 12.0. The zero-order valence-electron chi connectivity index (χ0n) is 14.9. The second-order valence-corrected chi connectivity index (χ2v) is 6.71. The second-order valence-electron chi connectivity index (χ2n) is 6.71. The first-order valence-corrected chi connectivity index (χ1v) is 9.05. The van der Waals surface area contributed by atoms with Crippen LogP contribution in [0.5, 0.6) is 0 Å². The average Bonchev–Trinajstić information content (AvgIpc) is 2.62. The lowest BCUT2D eigenvalue weighted by Gasteiger charge is -2.31. The normalized spacial score (nSPS) is 20.8. The largest absolute Gasteiger partial charge is 0.328 e. The molecule has 138 valence electrons. The van der Waals surface area contributed by atoms with E-state index in [0.717, 1.165) is 32.5 Å². The molecule has 7 nitrogen and oxygen atoms in total. The number of hydrogen-bond acceptors (Lipinski definition) is 5. The quantitative estimate of drug-likeness (QED) is 0.618. The standard InChI is InChI=1S/C19H24N4O3/c1-2-15(16-17(24)21-19(26)22-18(16)25)20-14-8-10-23(11-9-14)12-13-6-4-3-5-7-13/h3-7,14,16H,2,8-12H2,1H3,(H2,21,22,24,25,26). The minimum Gasteiger partial charge on any atom is -0.299 e. The van der Waals surface area contributed by atoms with E-state index < -0.39 is 23.8 Å². The number of barbiturate groups is 1. The minimum atomic E-state index is -1.000. The number of amides is 4. The highest BCUT2D eigenvalue weighted by Gasteiger charge is 2.37. The lowest BCUT2D eigenvalue weighted by molar-refractivity contribution is -0.132. The molecule has 0 aliphatic carbocycles. The van der Waals surface area contributed by atoms with Crippen molar-refractivity contribution in [3.63, 3.8) is 0 Å². The fourth-order valence-corrected chi connectivity index (χ4v) is 3.47. The maximum Gasteiger partial charge on any atom is 0.328 e. The Hall–Kier alpha value is -2.54. The van der Waals surface area contributed by atoms with E-state index in [1.807, 2.05) is 25.1 Å². The van der Waals surface area contributed by atoms with Crippen molar-refractivity contribution in [3.8, 4) is 0 Å². The van der Waals surface area contributed by atoms with Gasteiger partial charge in [-0.2, -0.15) is 0 Å². The van der Waals surface area contributed by atoms with Gasteiger partial charge in [-0.25, -0.2) is 4.79 Å². The fraction of sp³-hybridized carbons (Fsp3) is 0.474. The van der Waals surface area contributed by atoms with E-state index in [4.69, 9.17) is 4.99 Å². The summed E-state index contributed by atoms with van der Waals surface area (Å²) < 4.78 is 0. The van der Waals surface area contributed by atoms with E-state index in [-0.39, 0.29) is 6.04 Å². The number of likely N-dealkylation sites (tertiary alicyclic amines) is 1. The van der Waals surface area contributed by atoms with Crippen LogP contribution in [0.2, 0.25) is 0 Å². The van der Waals surface area contributed by atoms with Crippen molar-refractivity contribution in [1.82, 2.24) is 15.5 Å². The smallest absolute Gasteiger partial charge is 0.299 e. The molecule has 26 heavy (non-hydrogen) atoms. The van der Waals surface area contributed by atoms with Crippen LogP contribution in [0.15, 0.2) is 35.3 Å². The molecule has 0 unspecified atom stereocenters. The molecule has 4 amide bonds. The van der Waals surface area contributed by atoms with Crippen molar-refractivity contribution in [2.75, 3.05) is 13.1 Å². The molecule has 2 fully saturated rings. The summed E-state index contributed by atoms with van der Waals surface area (Å²) in [5.41, 5.74) is 1.85. The second kappa shape index (κ2) is 8.23. The number of carbonyl (C=O) groups excluding carboxylic acids is 3. The summed E-state index contributed by atoms with van der Waals surface area (Å²) in [7, 11) is 0. The molecule has 2 aliphatic heterocycles. The number of carbonyl (C=O) groups is 3. The van der Waals surface area contributed by atoms with Crippen molar-refractivity contribution >= 4 is 23.6 Å². The van der Waals surface area contributed by atoms with E-state index in [2.05, 4.69) is 27.7 Å². The van der Waals surface area contributed by atoms with Crippen molar-refractivity contribution in [1.29, 1.82) is 0 Å². The van der Waals surface area contributed by atoms with Gasteiger partial charge in [-0.15, -0.1) is 0 Å². The topological polar surface area (TPSA) is 90.9 Å². The summed E-state index contributed by atoms with van der Waals surface area (Å²) in [5.74, 6) is -2.17. The van der Waals surface area contributed by atoms with Crippen LogP contribution in [0.1, 0.15) is 31.7 Å². The summed E-state index contributed by atoms with van der Waals surface area (Å²) in [6.45, 7) is 4.66. The third-order valence-electron chi connectivity index (χ3n) is 4.85. The number of urea groups is 1. The number of nitrogens with one attached hydrogen (secondary N) is 2. The predicted molar refractivity (Wildman–Crippen MR) is 97.6 cm³/mol. The van der Waals surface area contributed by atoms with Crippen LogP contribution in [0.4, 0.5) is 4.79 Å². The van der Waals surface area contributed by atoms with Crippen LogP contribution >= 0.6 is 0 Å². The number of piperidine rings is 1. The summed E-state index contributed by atoms with van der Waals surface area (Å²) in [5, 5.41) is 4.29. The first kappa shape index (κ1) is 18.3. The molecule has 0 radical (unpaired) electrons. The lowest BCUT2D eigenvalue weighted by atomic mass is 9.96. The first-order valence-electron chi connectivity index (χ1n) is 9.05. The van der Waals surface area contributed by atoms with Crippen molar-refractivity contribution in [3.05, 3.63) is 35.9 Å². The van der Waals surface area contributed by atoms with Crippen LogP contribution < -0.4 is 10.6 Å². The Morgan fingerprint density at radius 2 is 1.69 bits per heavy atom. The highest BCUT2D eigenvalue weighted by Crippen LogP contribution is 2.19. The highest BCUT2D eigenvalue weighted by atomic mass is 16.2. The Labute approximate surface area is 152 Å². The third-order valence-corrected chi connectivity index (χ3v) is 4.85. The summed E-state index contributed by atoms with van der Waals surface area (Å²) in [6, 6.07) is 9.70. The minimum absolute atomic E-state index is 0.107. The molecular formula is C19H24N4O3. The van der Waals surface area contributed by atoms with E-state index >= 15 is 0 Å². The lowest BCUT2D eigenvalue weighted by Crippen LogP contribution is -2.58. The van der Waals surface area contributed by atoms with E-state index in [0.29, 0.717) is 12.1 Å².